The zero-order valence-corrected chi connectivity index (χ0v) is 17.6. The number of carbonyl (C=O) groups is 1. The van der Waals surface area contributed by atoms with Gasteiger partial charge in [0.2, 0.25) is 0 Å². The molecular formula is C24H23NO4S. The van der Waals surface area contributed by atoms with Gasteiger partial charge in [-0.15, -0.1) is 0 Å². The Morgan fingerprint density at radius 1 is 0.900 bits per heavy atom. The first-order valence-electron chi connectivity index (χ1n) is 9.53. The molecule has 0 atom stereocenters. The van der Waals surface area contributed by atoms with Crippen LogP contribution in [0.5, 0.6) is 0 Å². The van der Waals surface area contributed by atoms with Crippen LogP contribution in [0.3, 0.4) is 0 Å². The van der Waals surface area contributed by atoms with Crippen molar-refractivity contribution >= 4 is 21.6 Å². The Morgan fingerprint density at radius 2 is 1.50 bits per heavy atom. The van der Waals surface area contributed by atoms with Crippen molar-refractivity contribution in [3.63, 3.8) is 0 Å². The molecule has 6 heteroatoms. The lowest BCUT2D eigenvalue weighted by Crippen LogP contribution is -2.20. The van der Waals surface area contributed by atoms with Gasteiger partial charge in [0, 0.05) is 6.20 Å². The number of esters is 1. The first-order chi connectivity index (χ1) is 14.4. The van der Waals surface area contributed by atoms with Gasteiger partial charge in [0.1, 0.15) is 0 Å². The second-order valence-electron chi connectivity index (χ2n) is 6.66. The fourth-order valence-corrected chi connectivity index (χ4v) is 3.77. The van der Waals surface area contributed by atoms with E-state index in [0.717, 1.165) is 16.7 Å². The van der Waals surface area contributed by atoms with Crippen molar-refractivity contribution < 1.29 is 17.9 Å². The molecule has 3 aromatic rings. The maximum Gasteiger partial charge on any atom is 0.340 e. The van der Waals surface area contributed by atoms with Crippen LogP contribution in [0.15, 0.2) is 90.0 Å². The van der Waals surface area contributed by atoms with Gasteiger partial charge < -0.3 is 4.74 Å². The molecule has 0 aliphatic heterocycles. The molecule has 3 aromatic carbocycles. The minimum absolute atomic E-state index is 0.118. The van der Waals surface area contributed by atoms with E-state index in [1.807, 2.05) is 49.4 Å². The molecule has 0 bridgehead atoms. The fourth-order valence-electron chi connectivity index (χ4n) is 2.86. The van der Waals surface area contributed by atoms with E-state index in [0.29, 0.717) is 5.56 Å². The van der Waals surface area contributed by atoms with Crippen molar-refractivity contribution in [3.8, 4) is 11.1 Å². The van der Waals surface area contributed by atoms with Crippen molar-refractivity contribution in [2.75, 3.05) is 6.61 Å². The van der Waals surface area contributed by atoms with Gasteiger partial charge >= 0.3 is 5.97 Å². The first kappa shape index (κ1) is 21.3. The van der Waals surface area contributed by atoms with Crippen molar-refractivity contribution in [2.24, 2.45) is 0 Å². The van der Waals surface area contributed by atoms with Crippen molar-refractivity contribution in [2.45, 2.75) is 18.7 Å². The number of carbonyl (C=O) groups excluding carboxylic acids is 1. The minimum atomic E-state index is -3.81. The molecule has 0 radical (unpaired) electrons. The first-order valence-corrected chi connectivity index (χ1v) is 11.0. The van der Waals surface area contributed by atoms with E-state index >= 15 is 0 Å². The quantitative estimate of drug-likeness (QED) is 0.449. The predicted molar refractivity (Wildman–Crippen MR) is 118 cm³/mol. The molecular weight excluding hydrogens is 398 g/mol. The zero-order valence-electron chi connectivity index (χ0n) is 16.8. The molecule has 30 heavy (non-hydrogen) atoms. The summed E-state index contributed by atoms with van der Waals surface area (Å²) < 4.78 is 32.7. The van der Waals surface area contributed by atoms with Crippen LogP contribution in [0.25, 0.3) is 16.7 Å². The van der Waals surface area contributed by atoms with E-state index in [1.54, 1.807) is 31.2 Å². The highest BCUT2D eigenvalue weighted by Gasteiger charge is 2.17. The topological polar surface area (TPSA) is 72.5 Å². The van der Waals surface area contributed by atoms with E-state index in [1.165, 1.54) is 18.3 Å². The molecule has 0 heterocycles. The number of hydrogen-bond acceptors (Lipinski definition) is 4. The molecule has 0 saturated heterocycles. The molecule has 154 valence electrons. The standard InChI is InChI=1S/C24H23NO4S/c1-3-29-24(26)23(17-25-30(27,28)22-15-9-18(2)10-16-22)21-13-11-20(12-14-21)19-7-5-4-6-8-19/h4-17,25H,3H2,1-2H3/b23-17-. The number of sulfonamides is 1. The van der Waals surface area contributed by atoms with Crippen LogP contribution < -0.4 is 4.72 Å². The van der Waals surface area contributed by atoms with Crippen LogP contribution in [-0.4, -0.2) is 21.0 Å². The lowest BCUT2D eigenvalue weighted by Gasteiger charge is -2.10. The average Bonchev–Trinajstić information content (AvgIpc) is 2.75. The summed E-state index contributed by atoms with van der Waals surface area (Å²) in [6, 6.07) is 23.6. The molecule has 1 N–H and O–H groups in total. The summed E-state index contributed by atoms with van der Waals surface area (Å²) in [4.78, 5) is 12.6. The number of nitrogens with one attached hydrogen (secondary N) is 1. The van der Waals surface area contributed by atoms with E-state index in [-0.39, 0.29) is 17.1 Å². The third-order valence-electron chi connectivity index (χ3n) is 4.49. The van der Waals surface area contributed by atoms with E-state index < -0.39 is 16.0 Å². The largest absolute Gasteiger partial charge is 0.462 e. The fraction of sp³-hybridized carbons (Fsp3) is 0.125. The summed E-state index contributed by atoms with van der Waals surface area (Å²) >= 11 is 0. The monoisotopic (exact) mass is 421 g/mol. The van der Waals surface area contributed by atoms with Crippen LogP contribution >= 0.6 is 0 Å². The highest BCUT2D eigenvalue weighted by Crippen LogP contribution is 2.23. The molecule has 0 aromatic heterocycles. The maximum absolute atomic E-state index is 12.6. The van der Waals surface area contributed by atoms with Crippen LogP contribution in [0.1, 0.15) is 18.1 Å². The third-order valence-corrected chi connectivity index (χ3v) is 5.81. The minimum Gasteiger partial charge on any atom is -0.462 e. The molecule has 0 aliphatic carbocycles. The molecule has 0 saturated carbocycles. The Hall–Kier alpha value is -3.38. The molecule has 0 unspecified atom stereocenters. The Balaban J connectivity index is 1.91. The Morgan fingerprint density at radius 3 is 2.10 bits per heavy atom. The number of aryl methyl sites for hydroxylation is 1. The lowest BCUT2D eigenvalue weighted by molar-refractivity contribution is -0.136. The van der Waals surface area contributed by atoms with Crippen molar-refractivity contribution in [3.05, 3.63) is 96.2 Å². The molecule has 0 fully saturated rings. The van der Waals surface area contributed by atoms with Crippen LogP contribution in [0.2, 0.25) is 0 Å². The van der Waals surface area contributed by atoms with E-state index in [9.17, 15) is 13.2 Å². The van der Waals surface area contributed by atoms with Gasteiger partial charge in [0.05, 0.1) is 17.1 Å². The van der Waals surface area contributed by atoms with Gasteiger partial charge in [-0.25, -0.2) is 13.2 Å². The van der Waals surface area contributed by atoms with Gasteiger partial charge in [0.15, 0.2) is 0 Å². The smallest absolute Gasteiger partial charge is 0.340 e. The van der Waals surface area contributed by atoms with E-state index in [2.05, 4.69) is 4.72 Å². The summed E-state index contributed by atoms with van der Waals surface area (Å²) in [5.41, 5.74) is 3.68. The van der Waals surface area contributed by atoms with Crippen molar-refractivity contribution in [1.29, 1.82) is 0 Å². The number of benzene rings is 3. The number of ether oxygens (including phenoxy) is 1. The summed E-state index contributed by atoms with van der Waals surface area (Å²) in [6.45, 7) is 3.76. The van der Waals surface area contributed by atoms with Crippen LogP contribution in [0, 0.1) is 6.92 Å². The third kappa shape index (κ3) is 5.15. The van der Waals surface area contributed by atoms with Gasteiger partial charge in [0.25, 0.3) is 10.0 Å². The van der Waals surface area contributed by atoms with Gasteiger partial charge in [-0.3, -0.25) is 4.72 Å². The summed E-state index contributed by atoms with van der Waals surface area (Å²) in [7, 11) is -3.81. The molecule has 5 nitrogen and oxygen atoms in total. The van der Waals surface area contributed by atoms with Crippen LogP contribution in [-0.2, 0) is 19.6 Å². The molecule has 0 amide bonds. The van der Waals surface area contributed by atoms with Gasteiger partial charge in [-0.2, -0.15) is 0 Å². The molecule has 3 rings (SSSR count). The SMILES string of the molecule is CCOC(=O)/C(=C\NS(=O)(=O)c1ccc(C)cc1)c1ccc(-c2ccccc2)cc1. The zero-order chi connectivity index (χ0) is 21.6. The Kier molecular flexibility index (Phi) is 6.69. The second kappa shape index (κ2) is 9.41. The summed E-state index contributed by atoms with van der Waals surface area (Å²) in [5.74, 6) is -0.600. The summed E-state index contributed by atoms with van der Waals surface area (Å²) in [5, 5.41) is 0. The normalized spacial score (nSPS) is 11.7. The molecule has 0 spiro atoms. The lowest BCUT2D eigenvalue weighted by atomic mass is 10.0. The highest BCUT2D eigenvalue weighted by molar-refractivity contribution is 7.89. The average molecular weight is 422 g/mol. The second-order valence-corrected chi connectivity index (χ2v) is 8.37. The number of rotatable bonds is 7. The number of hydrogen-bond donors (Lipinski definition) is 1. The van der Waals surface area contributed by atoms with Crippen LogP contribution in [0.4, 0.5) is 0 Å². The Bertz CT molecular complexity index is 1130. The van der Waals surface area contributed by atoms with E-state index in [4.69, 9.17) is 4.74 Å². The van der Waals surface area contributed by atoms with Crippen molar-refractivity contribution in [1.82, 2.24) is 4.72 Å². The molecule has 0 aliphatic rings. The maximum atomic E-state index is 12.6. The highest BCUT2D eigenvalue weighted by atomic mass is 32.2. The predicted octanol–water partition coefficient (Wildman–Crippen LogP) is 4.54. The van der Waals surface area contributed by atoms with Gasteiger partial charge in [-0.05, 0) is 42.7 Å². The Labute approximate surface area is 177 Å². The van der Waals surface area contributed by atoms with Gasteiger partial charge in [-0.1, -0.05) is 72.3 Å². The summed E-state index contributed by atoms with van der Waals surface area (Å²) in [6.07, 6.45) is 1.19.